The van der Waals surface area contributed by atoms with E-state index in [2.05, 4.69) is 31.0 Å². The first-order chi connectivity index (χ1) is 11.4. The molecule has 0 bridgehead atoms. The number of rotatable bonds is 3. The van der Waals surface area contributed by atoms with Crippen LogP contribution in [0, 0.1) is 26.7 Å². The topological polar surface area (TPSA) is 37.4 Å². The number of hydrogen-bond acceptors (Lipinski definition) is 3. The number of hydrogen-bond donors (Lipinski definition) is 0. The molecule has 0 aromatic heterocycles. The standard InChI is InChI=1S/C21H29NO2/c1-13-9-14(2)19(15(3)10-13)20-18(23)12-16(21(20)24)11-17-7-5-6-8-22(17)4/h9-10,16-17,20H,5-8,11-12H2,1-4H3. The number of ketones is 2. The Hall–Kier alpha value is -1.48. The van der Waals surface area contributed by atoms with E-state index < -0.39 is 5.92 Å². The molecule has 1 heterocycles. The monoisotopic (exact) mass is 327 g/mol. The van der Waals surface area contributed by atoms with Gasteiger partial charge < -0.3 is 4.90 Å². The molecule has 3 unspecified atom stereocenters. The third kappa shape index (κ3) is 3.19. The van der Waals surface area contributed by atoms with Crippen LogP contribution in [0.1, 0.15) is 60.3 Å². The molecule has 3 heteroatoms. The molecule has 3 atom stereocenters. The lowest BCUT2D eigenvalue weighted by molar-refractivity contribution is -0.125. The Kier molecular flexibility index (Phi) is 4.91. The lowest BCUT2D eigenvalue weighted by atomic mass is 9.85. The van der Waals surface area contributed by atoms with E-state index in [-0.39, 0.29) is 17.5 Å². The van der Waals surface area contributed by atoms with Crippen LogP contribution >= 0.6 is 0 Å². The Morgan fingerprint density at radius 2 is 1.75 bits per heavy atom. The predicted octanol–water partition coefficient (Wildman–Crippen LogP) is 3.73. The van der Waals surface area contributed by atoms with Gasteiger partial charge in [-0.25, -0.2) is 0 Å². The second kappa shape index (κ2) is 6.79. The molecule has 1 aliphatic carbocycles. The van der Waals surface area contributed by atoms with Gasteiger partial charge in [0.1, 0.15) is 11.7 Å². The molecule has 1 aromatic rings. The number of nitrogens with zero attached hydrogens (tertiary/aromatic N) is 1. The van der Waals surface area contributed by atoms with Gasteiger partial charge in [-0.15, -0.1) is 0 Å². The Morgan fingerprint density at radius 3 is 2.38 bits per heavy atom. The third-order valence-corrected chi connectivity index (χ3v) is 5.96. The molecule has 0 N–H and O–H groups in total. The van der Waals surface area contributed by atoms with Gasteiger partial charge in [-0.05, 0) is 70.3 Å². The van der Waals surface area contributed by atoms with Crippen LogP contribution in [0.2, 0.25) is 0 Å². The van der Waals surface area contributed by atoms with Crippen molar-refractivity contribution in [2.24, 2.45) is 5.92 Å². The van der Waals surface area contributed by atoms with Crippen LogP contribution < -0.4 is 0 Å². The molecule has 1 saturated carbocycles. The number of aryl methyl sites for hydroxylation is 3. The van der Waals surface area contributed by atoms with Gasteiger partial charge in [0.05, 0.1) is 0 Å². The van der Waals surface area contributed by atoms with Gasteiger partial charge in [-0.2, -0.15) is 0 Å². The second-order valence-corrected chi connectivity index (χ2v) is 7.88. The minimum Gasteiger partial charge on any atom is -0.303 e. The molecule has 0 radical (unpaired) electrons. The summed E-state index contributed by atoms with van der Waals surface area (Å²) >= 11 is 0. The minimum atomic E-state index is -0.524. The first-order valence-electron chi connectivity index (χ1n) is 9.23. The van der Waals surface area contributed by atoms with Gasteiger partial charge in [-0.3, -0.25) is 9.59 Å². The number of Topliss-reactive ketones (excluding diaryl/α,β-unsaturated/α-hetero) is 2. The van der Waals surface area contributed by atoms with E-state index in [1.165, 1.54) is 18.4 Å². The minimum absolute atomic E-state index is 0.0897. The quantitative estimate of drug-likeness (QED) is 0.794. The van der Waals surface area contributed by atoms with Gasteiger partial charge in [0.2, 0.25) is 0 Å². The molecule has 3 rings (SSSR count). The molecule has 2 fully saturated rings. The summed E-state index contributed by atoms with van der Waals surface area (Å²) in [5, 5.41) is 0. The van der Waals surface area contributed by atoms with Crippen molar-refractivity contribution in [3.8, 4) is 0 Å². The Bertz CT molecular complexity index is 641. The average molecular weight is 327 g/mol. The van der Waals surface area contributed by atoms with Crippen molar-refractivity contribution in [2.75, 3.05) is 13.6 Å². The normalized spacial score (nSPS) is 28.6. The Balaban J connectivity index is 1.82. The van der Waals surface area contributed by atoms with E-state index in [1.807, 2.05) is 13.8 Å². The van der Waals surface area contributed by atoms with E-state index in [0.29, 0.717) is 12.5 Å². The maximum Gasteiger partial charge on any atom is 0.151 e. The molecular formula is C21H29NO2. The molecule has 1 aliphatic heterocycles. The van der Waals surface area contributed by atoms with E-state index in [9.17, 15) is 9.59 Å². The largest absolute Gasteiger partial charge is 0.303 e. The van der Waals surface area contributed by atoms with E-state index >= 15 is 0 Å². The van der Waals surface area contributed by atoms with Crippen LogP contribution in [0.15, 0.2) is 12.1 Å². The smallest absolute Gasteiger partial charge is 0.151 e. The summed E-state index contributed by atoms with van der Waals surface area (Å²) in [4.78, 5) is 28.1. The number of benzene rings is 1. The molecule has 0 spiro atoms. The van der Waals surface area contributed by atoms with Crippen LogP contribution in [-0.4, -0.2) is 36.1 Å². The van der Waals surface area contributed by atoms with Crippen molar-refractivity contribution in [2.45, 2.75) is 64.8 Å². The second-order valence-electron chi connectivity index (χ2n) is 7.88. The summed E-state index contributed by atoms with van der Waals surface area (Å²) in [6, 6.07) is 4.63. The van der Waals surface area contributed by atoms with Gasteiger partial charge in [0, 0.05) is 18.4 Å². The summed E-state index contributed by atoms with van der Waals surface area (Å²) in [5.41, 5.74) is 4.31. The SMILES string of the molecule is Cc1cc(C)c(C2C(=O)CC(CC3CCCCN3C)C2=O)c(C)c1. The van der Waals surface area contributed by atoms with Gasteiger partial charge >= 0.3 is 0 Å². The number of carbonyl (C=O) groups is 2. The summed E-state index contributed by atoms with van der Waals surface area (Å²) < 4.78 is 0. The highest BCUT2D eigenvalue weighted by molar-refractivity contribution is 6.15. The molecule has 3 nitrogen and oxygen atoms in total. The average Bonchev–Trinajstić information content (AvgIpc) is 2.76. The van der Waals surface area contributed by atoms with Crippen molar-refractivity contribution in [3.63, 3.8) is 0 Å². The summed E-state index contributed by atoms with van der Waals surface area (Å²) in [6.07, 6.45) is 4.92. The van der Waals surface area contributed by atoms with E-state index in [4.69, 9.17) is 0 Å². The Morgan fingerprint density at radius 1 is 1.08 bits per heavy atom. The maximum absolute atomic E-state index is 13.0. The van der Waals surface area contributed by atoms with Gasteiger partial charge in [-0.1, -0.05) is 24.1 Å². The van der Waals surface area contributed by atoms with Crippen LogP contribution in [-0.2, 0) is 9.59 Å². The number of piperidine rings is 1. The predicted molar refractivity (Wildman–Crippen MR) is 96.4 cm³/mol. The summed E-state index contributed by atoms with van der Waals surface area (Å²) in [7, 11) is 2.15. The molecule has 1 saturated heterocycles. The van der Waals surface area contributed by atoms with Crippen molar-refractivity contribution in [1.82, 2.24) is 4.90 Å². The summed E-state index contributed by atoms with van der Waals surface area (Å²) in [6.45, 7) is 7.22. The van der Waals surface area contributed by atoms with E-state index in [1.54, 1.807) is 0 Å². The molecule has 2 aliphatic rings. The zero-order valence-electron chi connectivity index (χ0n) is 15.4. The Labute approximate surface area is 145 Å². The molecule has 130 valence electrons. The highest BCUT2D eigenvalue weighted by atomic mass is 16.2. The number of carbonyl (C=O) groups excluding carboxylic acids is 2. The van der Waals surface area contributed by atoms with Gasteiger partial charge in [0.15, 0.2) is 5.78 Å². The van der Waals surface area contributed by atoms with Crippen LogP contribution in [0.5, 0.6) is 0 Å². The number of likely N-dealkylation sites (tertiary alicyclic amines) is 1. The fourth-order valence-corrected chi connectivity index (χ4v) is 4.78. The molecular weight excluding hydrogens is 298 g/mol. The fraction of sp³-hybridized carbons (Fsp3) is 0.619. The van der Waals surface area contributed by atoms with Crippen molar-refractivity contribution < 1.29 is 9.59 Å². The lowest BCUT2D eigenvalue weighted by Crippen LogP contribution is -2.38. The molecule has 0 amide bonds. The third-order valence-electron chi connectivity index (χ3n) is 5.96. The first kappa shape index (κ1) is 17.3. The highest BCUT2D eigenvalue weighted by Crippen LogP contribution is 2.39. The maximum atomic E-state index is 13.0. The fourth-order valence-electron chi connectivity index (χ4n) is 4.78. The van der Waals surface area contributed by atoms with Crippen molar-refractivity contribution in [1.29, 1.82) is 0 Å². The molecule has 1 aromatic carbocycles. The highest BCUT2D eigenvalue weighted by Gasteiger charge is 2.44. The zero-order valence-corrected chi connectivity index (χ0v) is 15.4. The van der Waals surface area contributed by atoms with Gasteiger partial charge in [0.25, 0.3) is 0 Å². The van der Waals surface area contributed by atoms with Crippen molar-refractivity contribution in [3.05, 3.63) is 34.4 Å². The van der Waals surface area contributed by atoms with Crippen LogP contribution in [0.3, 0.4) is 0 Å². The van der Waals surface area contributed by atoms with Crippen LogP contribution in [0.4, 0.5) is 0 Å². The lowest BCUT2D eigenvalue weighted by Gasteiger charge is -2.33. The molecule has 24 heavy (non-hydrogen) atoms. The van der Waals surface area contributed by atoms with Crippen LogP contribution in [0.25, 0.3) is 0 Å². The van der Waals surface area contributed by atoms with Crippen molar-refractivity contribution >= 4 is 11.6 Å². The van der Waals surface area contributed by atoms with E-state index in [0.717, 1.165) is 36.1 Å². The zero-order chi connectivity index (χ0) is 17.4. The first-order valence-corrected chi connectivity index (χ1v) is 9.23. The summed E-state index contributed by atoms with van der Waals surface area (Å²) in [5.74, 6) is -0.329.